The maximum Gasteiger partial charge on any atom is 0.165 e. The normalized spacial score (nSPS) is 18.3. The molecule has 0 bridgehead atoms. The Balaban J connectivity index is 2.12. The van der Waals surface area contributed by atoms with Crippen molar-refractivity contribution in [2.24, 2.45) is 5.41 Å². The number of ether oxygens (including phenoxy) is 1. The highest BCUT2D eigenvalue weighted by molar-refractivity contribution is 5.30. The first-order valence-electron chi connectivity index (χ1n) is 5.16. The molecule has 82 valence electrons. The molecule has 2 nitrogen and oxygen atoms in total. The first-order valence-corrected chi connectivity index (χ1v) is 5.16. The largest absolute Gasteiger partial charge is 0.494 e. The van der Waals surface area contributed by atoms with Gasteiger partial charge in [0.2, 0.25) is 0 Å². The summed E-state index contributed by atoms with van der Waals surface area (Å²) in [7, 11) is 1.48. The van der Waals surface area contributed by atoms with E-state index in [1.54, 1.807) is 12.1 Å². The Labute approximate surface area is 89.4 Å². The van der Waals surface area contributed by atoms with Crippen molar-refractivity contribution in [3.63, 3.8) is 0 Å². The van der Waals surface area contributed by atoms with E-state index in [-0.39, 0.29) is 5.82 Å². The van der Waals surface area contributed by atoms with E-state index in [1.807, 2.05) is 6.07 Å². The number of benzene rings is 1. The minimum absolute atomic E-state index is 0.272. The minimum atomic E-state index is -0.272. The molecule has 15 heavy (non-hydrogen) atoms. The van der Waals surface area contributed by atoms with Gasteiger partial charge in [-0.3, -0.25) is 0 Å². The van der Waals surface area contributed by atoms with E-state index in [0.29, 0.717) is 11.2 Å². The molecule has 1 fully saturated rings. The maximum atomic E-state index is 13.4. The third-order valence-corrected chi connectivity index (χ3v) is 2.95. The molecular weight excluding hydrogens is 193 g/mol. The average molecular weight is 209 g/mol. The van der Waals surface area contributed by atoms with Crippen LogP contribution in [0.5, 0.6) is 5.75 Å². The second-order valence-corrected chi connectivity index (χ2v) is 4.56. The van der Waals surface area contributed by atoms with E-state index in [2.05, 4.69) is 12.2 Å². The van der Waals surface area contributed by atoms with Crippen molar-refractivity contribution in [2.75, 3.05) is 20.2 Å². The van der Waals surface area contributed by atoms with Gasteiger partial charge in [-0.15, -0.1) is 0 Å². The number of methoxy groups -OCH3 is 1. The molecule has 1 N–H and O–H groups in total. The van der Waals surface area contributed by atoms with E-state index in [0.717, 1.165) is 25.1 Å². The SMILES string of the molecule is COc1ccc(CC2(C)CNC2)cc1F. The number of hydrogen-bond donors (Lipinski definition) is 1. The molecule has 0 aliphatic carbocycles. The maximum absolute atomic E-state index is 13.4. The molecule has 1 saturated heterocycles. The third kappa shape index (κ3) is 2.12. The second kappa shape index (κ2) is 3.81. The summed E-state index contributed by atoms with van der Waals surface area (Å²) in [4.78, 5) is 0. The molecule has 1 aromatic rings. The van der Waals surface area contributed by atoms with Gasteiger partial charge in [-0.2, -0.15) is 0 Å². The summed E-state index contributed by atoms with van der Waals surface area (Å²) >= 11 is 0. The molecule has 1 aliphatic rings. The van der Waals surface area contributed by atoms with Crippen LogP contribution in [-0.4, -0.2) is 20.2 Å². The van der Waals surface area contributed by atoms with Crippen molar-refractivity contribution in [1.29, 1.82) is 0 Å². The molecule has 3 heteroatoms. The molecule has 1 heterocycles. The Hall–Kier alpha value is -1.09. The molecular formula is C12H16FNO. The van der Waals surface area contributed by atoms with Gasteiger partial charge in [-0.05, 0) is 29.5 Å². The molecule has 0 saturated carbocycles. The lowest BCUT2D eigenvalue weighted by Crippen LogP contribution is -2.52. The van der Waals surface area contributed by atoms with E-state index < -0.39 is 0 Å². The highest BCUT2D eigenvalue weighted by atomic mass is 19.1. The quantitative estimate of drug-likeness (QED) is 0.822. The van der Waals surface area contributed by atoms with Gasteiger partial charge >= 0.3 is 0 Å². The molecule has 0 aromatic heterocycles. The summed E-state index contributed by atoms with van der Waals surface area (Å²) in [6.45, 7) is 4.24. The first-order chi connectivity index (χ1) is 7.13. The molecule has 1 aliphatic heterocycles. The third-order valence-electron chi connectivity index (χ3n) is 2.95. The number of hydrogen-bond acceptors (Lipinski definition) is 2. The summed E-state index contributed by atoms with van der Waals surface area (Å²) in [6, 6.07) is 5.20. The summed E-state index contributed by atoms with van der Waals surface area (Å²) < 4.78 is 18.3. The average Bonchev–Trinajstić information content (AvgIpc) is 2.16. The fourth-order valence-electron chi connectivity index (χ4n) is 1.99. The van der Waals surface area contributed by atoms with Crippen LogP contribution in [0.4, 0.5) is 4.39 Å². The van der Waals surface area contributed by atoms with Crippen LogP contribution in [0.15, 0.2) is 18.2 Å². The summed E-state index contributed by atoms with van der Waals surface area (Å²) in [5, 5.41) is 3.24. The Kier molecular flexibility index (Phi) is 2.65. The van der Waals surface area contributed by atoms with Gasteiger partial charge in [0.1, 0.15) is 0 Å². The monoisotopic (exact) mass is 209 g/mol. The van der Waals surface area contributed by atoms with E-state index in [1.165, 1.54) is 7.11 Å². The van der Waals surface area contributed by atoms with Crippen LogP contribution in [0.3, 0.4) is 0 Å². The fourth-order valence-corrected chi connectivity index (χ4v) is 1.99. The zero-order valence-corrected chi connectivity index (χ0v) is 9.14. The molecule has 0 atom stereocenters. The zero-order valence-electron chi connectivity index (χ0n) is 9.14. The van der Waals surface area contributed by atoms with Gasteiger partial charge in [-0.1, -0.05) is 13.0 Å². The summed E-state index contributed by atoms with van der Waals surface area (Å²) in [5.74, 6) is 0.0431. The lowest BCUT2D eigenvalue weighted by molar-refractivity contribution is 0.195. The van der Waals surface area contributed by atoms with Gasteiger partial charge < -0.3 is 10.1 Å². The van der Waals surface area contributed by atoms with Gasteiger partial charge in [-0.25, -0.2) is 4.39 Å². The van der Waals surface area contributed by atoms with Crippen molar-refractivity contribution >= 4 is 0 Å². The van der Waals surface area contributed by atoms with Gasteiger partial charge in [0.15, 0.2) is 11.6 Å². The summed E-state index contributed by atoms with van der Waals surface area (Å²) in [5.41, 5.74) is 1.33. The van der Waals surface area contributed by atoms with Crippen molar-refractivity contribution in [3.8, 4) is 5.75 Å². The van der Waals surface area contributed by atoms with Crippen LogP contribution in [-0.2, 0) is 6.42 Å². The lowest BCUT2D eigenvalue weighted by Gasteiger charge is -2.39. The lowest BCUT2D eigenvalue weighted by atomic mass is 9.78. The molecule has 0 amide bonds. The van der Waals surface area contributed by atoms with Crippen LogP contribution in [0.25, 0.3) is 0 Å². The Morgan fingerprint density at radius 1 is 1.47 bits per heavy atom. The number of nitrogens with one attached hydrogen (secondary N) is 1. The minimum Gasteiger partial charge on any atom is -0.494 e. The van der Waals surface area contributed by atoms with Crippen molar-refractivity contribution in [3.05, 3.63) is 29.6 Å². The molecule has 1 aromatic carbocycles. The Morgan fingerprint density at radius 3 is 2.67 bits per heavy atom. The van der Waals surface area contributed by atoms with E-state index >= 15 is 0 Å². The standard InChI is InChI=1S/C12H16FNO/c1-12(7-14-8-12)6-9-3-4-11(15-2)10(13)5-9/h3-5,14H,6-8H2,1-2H3. The Morgan fingerprint density at radius 2 is 2.20 bits per heavy atom. The smallest absolute Gasteiger partial charge is 0.165 e. The highest BCUT2D eigenvalue weighted by Crippen LogP contribution is 2.28. The summed E-state index contributed by atoms with van der Waals surface area (Å²) in [6.07, 6.45) is 0.918. The molecule has 0 unspecified atom stereocenters. The molecule has 0 radical (unpaired) electrons. The fraction of sp³-hybridized carbons (Fsp3) is 0.500. The Bertz CT molecular complexity index is 361. The van der Waals surface area contributed by atoms with Crippen LogP contribution in [0.2, 0.25) is 0 Å². The van der Waals surface area contributed by atoms with Crippen LogP contribution in [0, 0.1) is 11.2 Å². The van der Waals surface area contributed by atoms with Crippen LogP contribution >= 0.6 is 0 Å². The van der Waals surface area contributed by atoms with E-state index in [4.69, 9.17) is 4.74 Å². The van der Waals surface area contributed by atoms with Gasteiger partial charge in [0.25, 0.3) is 0 Å². The van der Waals surface area contributed by atoms with Crippen molar-refractivity contribution < 1.29 is 9.13 Å². The van der Waals surface area contributed by atoms with Crippen LogP contribution in [0.1, 0.15) is 12.5 Å². The van der Waals surface area contributed by atoms with E-state index in [9.17, 15) is 4.39 Å². The molecule has 0 spiro atoms. The van der Waals surface area contributed by atoms with Crippen molar-refractivity contribution in [1.82, 2.24) is 5.32 Å². The number of halogens is 1. The van der Waals surface area contributed by atoms with Gasteiger partial charge in [0.05, 0.1) is 7.11 Å². The first kappa shape index (κ1) is 10.4. The predicted molar refractivity (Wildman–Crippen MR) is 57.6 cm³/mol. The zero-order chi connectivity index (χ0) is 10.9. The topological polar surface area (TPSA) is 21.3 Å². The van der Waals surface area contributed by atoms with Crippen molar-refractivity contribution in [2.45, 2.75) is 13.3 Å². The van der Waals surface area contributed by atoms with Gasteiger partial charge in [0, 0.05) is 13.1 Å². The second-order valence-electron chi connectivity index (χ2n) is 4.56. The number of rotatable bonds is 3. The predicted octanol–water partition coefficient (Wildman–Crippen LogP) is 1.99. The molecule has 2 rings (SSSR count). The van der Waals surface area contributed by atoms with Crippen LogP contribution < -0.4 is 10.1 Å². The highest BCUT2D eigenvalue weighted by Gasteiger charge is 2.31.